The van der Waals surface area contributed by atoms with E-state index in [1.165, 1.54) is 44.9 Å². The number of ether oxygens (including phenoxy) is 4. The topological polar surface area (TPSA) is 228 Å². The predicted molar refractivity (Wildman–Crippen MR) is 221 cm³/mol. The Morgan fingerprint density at radius 1 is 0.621 bits per heavy atom. The maximum absolute atomic E-state index is 13.0. The molecule has 0 spiro atoms. The van der Waals surface area contributed by atoms with E-state index in [1.54, 1.807) is 6.08 Å². The molecular formula is C44H79NO13. The number of carbonyl (C=O) groups is 1. The van der Waals surface area contributed by atoms with Crippen LogP contribution >= 0.6 is 0 Å². The quantitative estimate of drug-likeness (QED) is 0.0346. The molecule has 14 nitrogen and oxygen atoms in total. The normalized spacial score (nSPS) is 29.1. The molecule has 2 heterocycles. The first-order valence-electron chi connectivity index (χ1n) is 22.2. The molecule has 2 fully saturated rings. The van der Waals surface area contributed by atoms with Crippen LogP contribution in [0.1, 0.15) is 142 Å². The number of aliphatic hydroxyl groups is 8. The fraction of sp³-hybridized carbons (Fsp3) is 0.841. The zero-order chi connectivity index (χ0) is 42.5. The number of rotatable bonds is 32. The average molecular weight is 830 g/mol. The van der Waals surface area contributed by atoms with E-state index >= 15 is 0 Å². The summed E-state index contributed by atoms with van der Waals surface area (Å²) >= 11 is 0. The molecule has 338 valence electrons. The number of unbranched alkanes of at least 4 members (excludes halogenated alkanes) is 15. The first-order chi connectivity index (χ1) is 28.1. The number of aliphatic hydroxyl groups excluding tert-OH is 8. The van der Waals surface area contributed by atoms with E-state index in [0.29, 0.717) is 6.42 Å². The molecule has 0 bridgehead atoms. The van der Waals surface area contributed by atoms with Gasteiger partial charge in [0.2, 0.25) is 5.91 Å². The van der Waals surface area contributed by atoms with Crippen LogP contribution in [0.2, 0.25) is 0 Å². The molecule has 2 saturated heterocycles. The van der Waals surface area contributed by atoms with Crippen LogP contribution in [-0.4, -0.2) is 140 Å². The molecule has 58 heavy (non-hydrogen) atoms. The molecule has 0 aliphatic carbocycles. The Labute approximate surface area is 347 Å². The van der Waals surface area contributed by atoms with Crippen LogP contribution in [0.25, 0.3) is 0 Å². The van der Waals surface area contributed by atoms with Crippen LogP contribution in [0.5, 0.6) is 0 Å². The van der Waals surface area contributed by atoms with Crippen LogP contribution in [0.4, 0.5) is 0 Å². The lowest BCUT2D eigenvalue weighted by Crippen LogP contribution is -2.65. The summed E-state index contributed by atoms with van der Waals surface area (Å²) in [5.41, 5.74) is 0. The van der Waals surface area contributed by atoms with Gasteiger partial charge in [0, 0.05) is 6.42 Å². The van der Waals surface area contributed by atoms with E-state index in [1.807, 2.05) is 6.08 Å². The molecule has 2 aliphatic rings. The molecule has 2 aliphatic heterocycles. The van der Waals surface area contributed by atoms with Crippen molar-refractivity contribution in [3.63, 3.8) is 0 Å². The molecule has 14 heteroatoms. The Kier molecular flexibility index (Phi) is 28.9. The van der Waals surface area contributed by atoms with Gasteiger partial charge >= 0.3 is 0 Å². The molecule has 2 rings (SSSR count). The first-order valence-corrected chi connectivity index (χ1v) is 22.2. The van der Waals surface area contributed by atoms with E-state index in [9.17, 15) is 45.6 Å². The lowest BCUT2D eigenvalue weighted by atomic mass is 9.97. The van der Waals surface area contributed by atoms with Crippen molar-refractivity contribution in [2.24, 2.45) is 0 Å². The third kappa shape index (κ3) is 20.2. The van der Waals surface area contributed by atoms with E-state index in [4.69, 9.17) is 18.9 Å². The molecule has 0 radical (unpaired) electrons. The molecule has 1 amide bonds. The van der Waals surface area contributed by atoms with Crippen molar-refractivity contribution in [2.45, 2.75) is 216 Å². The van der Waals surface area contributed by atoms with E-state index in [2.05, 4.69) is 43.5 Å². The fourth-order valence-corrected chi connectivity index (χ4v) is 7.08. The molecule has 0 aromatic carbocycles. The van der Waals surface area contributed by atoms with Crippen LogP contribution in [0, 0.1) is 0 Å². The van der Waals surface area contributed by atoms with Gasteiger partial charge in [-0.15, -0.1) is 0 Å². The largest absolute Gasteiger partial charge is 0.394 e. The summed E-state index contributed by atoms with van der Waals surface area (Å²) in [6, 6.07) is -0.914. The van der Waals surface area contributed by atoms with E-state index < -0.39 is 86.8 Å². The number of hydrogen-bond donors (Lipinski definition) is 9. The highest BCUT2D eigenvalue weighted by Gasteiger charge is 2.50. The Morgan fingerprint density at radius 3 is 1.76 bits per heavy atom. The zero-order valence-corrected chi connectivity index (χ0v) is 35.3. The van der Waals surface area contributed by atoms with Crippen molar-refractivity contribution < 1.29 is 64.6 Å². The van der Waals surface area contributed by atoms with Crippen LogP contribution in [0.15, 0.2) is 36.5 Å². The SMILES string of the molecule is CCCCC/C=C\C/C=C\CCCCCCCCCC(=O)NC(COC1OC(CO)C(OC2OC(CO)C(O)C(O)C2O)C(O)C1O)C(O)/C=C/CCCCCCC. The van der Waals surface area contributed by atoms with Gasteiger partial charge in [0.25, 0.3) is 0 Å². The number of carbonyl (C=O) groups excluding carboxylic acids is 1. The summed E-state index contributed by atoms with van der Waals surface area (Å²) in [6.45, 7) is 2.65. The van der Waals surface area contributed by atoms with Crippen LogP contribution in [-0.2, 0) is 23.7 Å². The van der Waals surface area contributed by atoms with Crippen molar-refractivity contribution >= 4 is 5.91 Å². The molecule has 12 unspecified atom stereocenters. The van der Waals surface area contributed by atoms with Crippen molar-refractivity contribution in [2.75, 3.05) is 19.8 Å². The third-order valence-corrected chi connectivity index (χ3v) is 10.8. The van der Waals surface area contributed by atoms with Crippen LogP contribution in [0.3, 0.4) is 0 Å². The maximum atomic E-state index is 13.0. The van der Waals surface area contributed by atoms with Gasteiger partial charge in [0.05, 0.1) is 32.0 Å². The Bertz CT molecular complexity index is 1120. The van der Waals surface area contributed by atoms with E-state index in [0.717, 1.165) is 70.6 Å². The minimum Gasteiger partial charge on any atom is -0.394 e. The van der Waals surface area contributed by atoms with Gasteiger partial charge in [0.15, 0.2) is 12.6 Å². The lowest BCUT2D eigenvalue weighted by Gasteiger charge is -2.46. The molecule has 9 N–H and O–H groups in total. The summed E-state index contributed by atoms with van der Waals surface area (Å²) in [4.78, 5) is 13.0. The third-order valence-electron chi connectivity index (χ3n) is 10.8. The monoisotopic (exact) mass is 830 g/mol. The van der Waals surface area contributed by atoms with Gasteiger partial charge in [-0.25, -0.2) is 0 Å². The summed E-state index contributed by atoms with van der Waals surface area (Å²) in [5, 5.41) is 86.1. The minimum absolute atomic E-state index is 0.255. The van der Waals surface area contributed by atoms with Gasteiger partial charge in [-0.3, -0.25) is 4.79 Å². The summed E-state index contributed by atoms with van der Waals surface area (Å²) in [7, 11) is 0. The summed E-state index contributed by atoms with van der Waals surface area (Å²) in [5.74, 6) is -0.255. The zero-order valence-electron chi connectivity index (χ0n) is 35.3. The molecular weight excluding hydrogens is 750 g/mol. The number of hydrogen-bond acceptors (Lipinski definition) is 13. The maximum Gasteiger partial charge on any atom is 0.220 e. The number of allylic oxidation sites excluding steroid dienone is 5. The molecule has 12 atom stereocenters. The second-order valence-electron chi connectivity index (χ2n) is 15.8. The molecule has 0 aromatic rings. The smallest absolute Gasteiger partial charge is 0.220 e. The molecule has 0 saturated carbocycles. The lowest BCUT2D eigenvalue weighted by molar-refractivity contribution is -0.359. The van der Waals surface area contributed by atoms with Crippen molar-refractivity contribution in [1.82, 2.24) is 5.32 Å². The Balaban J connectivity index is 1.85. The second kappa shape index (κ2) is 32.0. The molecule has 0 aromatic heterocycles. The standard InChI is InChI=1S/C44H79NO13/c1-3-5-7-9-11-12-13-14-15-16-17-18-19-20-22-24-26-28-36(49)45-32(33(48)27-25-23-21-10-8-6-4-2)31-55-43-41(54)39(52)42(35(30-47)57-43)58-44-40(53)38(51)37(50)34(29-46)56-44/h11-12,14-15,25,27,32-35,37-44,46-48,50-54H,3-10,13,16-24,26,28-31H2,1-2H3,(H,45,49)/b12-11-,15-14-,27-25+. The van der Waals surface area contributed by atoms with Crippen molar-refractivity contribution in [1.29, 1.82) is 0 Å². The Morgan fingerprint density at radius 2 is 1.14 bits per heavy atom. The van der Waals surface area contributed by atoms with Gasteiger partial charge in [-0.1, -0.05) is 121 Å². The summed E-state index contributed by atoms with van der Waals surface area (Å²) < 4.78 is 22.5. The van der Waals surface area contributed by atoms with E-state index in [-0.39, 0.29) is 18.9 Å². The minimum atomic E-state index is -1.79. The number of nitrogens with one attached hydrogen (secondary N) is 1. The first kappa shape index (κ1) is 52.3. The highest BCUT2D eigenvalue weighted by Crippen LogP contribution is 2.30. The fourth-order valence-electron chi connectivity index (χ4n) is 7.08. The van der Waals surface area contributed by atoms with Crippen molar-refractivity contribution in [3.05, 3.63) is 36.5 Å². The van der Waals surface area contributed by atoms with Gasteiger partial charge in [0.1, 0.15) is 48.8 Å². The highest BCUT2D eigenvalue weighted by molar-refractivity contribution is 5.76. The van der Waals surface area contributed by atoms with Gasteiger partial charge in [-0.2, -0.15) is 0 Å². The van der Waals surface area contributed by atoms with Crippen LogP contribution < -0.4 is 5.32 Å². The predicted octanol–water partition coefficient (Wildman–Crippen LogP) is 3.98. The second-order valence-corrected chi connectivity index (χ2v) is 15.8. The van der Waals surface area contributed by atoms with Gasteiger partial charge < -0.3 is 65.1 Å². The Hall–Kier alpha value is -1.79. The van der Waals surface area contributed by atoms with Crippen molar-refractivity contribution in [3.8, 4) is 0 Å². The highest BCUT2D eigenvalue weighted by atomic mass is 16.7. The number of amides is 1. The van der Waals surface area contributed by atoms with Gasteiger partial charge in [-0.05, 0) is 51.4 Å². The summed E-state index contributed by atoms with van der Waals surface area (Å²) in [6.07, 6.45) is 16.5. The average Bonchev–Trinajstić information content (AvgIpc) is 3.22.